The number of pyridine rings is 1. The van der Waals surface area contributed by atoms with Gasteiger partial charge in [0.15, 0.2) is 11.8 Å². The van der Waals surface area contributed by atoms with E-state index in [9.17, 15) is 21.6 Å². The Morgan fingerprint density at radius 2 is 2.03 bits per heavy atom. The first-order valence-electron chi connectivity index (χ1n) is 7.94. The number of benzene rings is 1. The van der Waals surface area contributed by atoms with E-state index >= 15 is 0 Å². The maximum atomic E-state index is 12.4. The van der Waals surface area contributed by atoms with Gasteiger partial charge in [0.05, 0.1) is 16.7 Å². The molecule has 0 aliphatic carbocycles. The molecule has 0 amide bonds. The van der Waals surface area contributed by atoms with Crippen molar-refractivity contribution in [2.75, 3.05) is 6.61 Å². The molecule has 0 spiro atoms. The number of thioether (sulfide) groups is 1. The molecule has 2 heterocycles. The predicted octanol–water partition coefficient (Wildman–Crippen LogP) is 3.68. The van der Waals surface area contributed by atoms with Gasteiger partial charge in [-0.25, -0.2) is 4.98 Å². The molecule has 0 radical (unpaired) electrons. The van der Waals surface area contributed by atoms with Gasteiger partial charge in [0.2, 0.25) is 0 Å². The van der Waals surface area contributed by atoms with E-state index in [1.807, 2.05) is 0 Å². The summed E-state index contributed by atoms with van der Waals surface area (Å²) >= 11 is 1.25. The molecule has 2 aromatic heterocycles. The number of nitrogens with zero attached hydrogens (tertiary/aromatic N) is 2. The largest absolute Gasteiger partial charge is 0.484 e. The van der Waals surface area contributed by atoms with E-state index in [1.165, 1.54) is 42.2 Å². The van der Waals surface area contributed by atoms with Crippen LogP contribution in [0.2, 0.25) is 0 Å². The Morgan fingerprint density at radius 1 is 1.28 bits per heavy atom. The predicted molar refractivity (Wildman–Crippen MR) is 98.4 cm³/mol. The van der Waals surface area contributed by atoms with Crippen molar-refractivity contribution in [2.24, 2.45) is 0 Å². The average Bonchev–Trinajstić information content (AvgIpc) is 2.99. The molecule has 0 bridgehead atoms. The third-order valence-electron chi connectivity index (χ3n) is 3.63. The first kappa shape index (κ1) is 21.2. The smallest absolute Gasteiger partial charge is 0.446 e. The number of aromatic amines is 1. The van der Waals surface area contributed by atoms with Crippen molar-refractivity contribution in [1.82, 2.24) is 15.0 Å². The Kier molecular flexibility index (Phi) is 5.91. The monoisotopic (exact) mass is 449 g/mol. The third-order valence-corrected chi connectivity index (χ3v) is 4.92. The van der Waals surface area contributed by atoms with Crippen LogP contribution in [-0.2, 0) is 16.2 Å². The number of halogens is 3. The van der Waals surface area contributed by atoms with Crippen LogP contribution in [0.5, 0.6) is 11.5 Å². The number of H-pyrrole nitrogens is 1. The first-order chi connectivity index (χ1) is 13.5. The zero-order valence-electron chi connectivity index (χ0n) is 14.7. The van der Waals surface area contributed by atoms with Gasteiger partial charge in [0.1, 0.15) is 11.5 Å². The fourth-order valence-corrected chi connectivity index (χ4v) is 3.62. The highest BCUT2D eigenvalue weighted by atomic mass is 32.3. The normalized spacial score (nSPS) is 12.3. The van der Waals surface area contributed by atoms with Crippen LogP contribution in [0, 0.1) is 6.92 Å². The van der Waals surface area contributed by atoms with Crippen LogP contribution in [0.1, 0.15) is 11.3 Å². The molecular weight excluding hydrogens is 435 g/mol. The van der Waals surface area contributed by atoms with E-state index in [4.69, 9.17) is 9.29 Å². The number of hydrogen-bond acceptors (Lipinski definition) is 7. The molecule has 2 N–H and O–H groups in total. The summed E-state index contributed by atoms with van der Waals surface area (Å²) in [6.07, 6.45) is -3.07. The minimum absolute atomic E-state index is 0.0905. The minimum atomic E-state index is -4.64. The lowest BCUT2D eigenvalue weighted by atomic mass is 10.2. The van der Waals surface area contributed by atoms with Crippen molar-refractivity contribution >= 4 is 33.2 Å². The van der Waals surface area contributed by atoms with Crippen molar-refractivity contribution in [2.45, 2.75) is 24.0 Å². The standard InChI is InChI=1S/C16H14F3N3O5S2/c1-9-13(20-5-4-14(9)26-8-16(17,18)19)7-28-15-21-11-3-2-10(6-12(11)22-15)27-29(23,24)25/h2-6H,7-8H2,1H3,(H,21,22)(H,23,24,25). The third kappa shape index (κ3) is 5.98. The van der Waals surface area contributed by atoms with Crippen molar-refractivity contribution in [3.8, 4) is 11.5 Å². The molecule has 3 aromatic rings. The molecule has 29 heavy (non-hydrogen) atoms. The molecule has 13 heteroatoms. The van der Waals surface area contributed by atoms with Crippen molar-refractivity contribution in [1.29, 1.82) is 0 Å². The Bertz CT molecular complexity index is 1130. The molecule has 3 rings (SSSR count). The summed E-state index contributed by atoms with van der Waals surface area (Å²) < 4.78 is 76.6. The quantitative estimate of drug-likeness (QED) is 0.415. The number of imidazole rings is 1. The maximum Gasteiger partial charge on any atom is 0.446 e. The summed E-state index contributed by atoms with van der Waals surface area (Å²) in [6, 6.07) is 5.56. The van der Waals surface area contributed by atoms with E-state index in [2.05, 4.69) is 19.1 Å². The van der Waals surface area contributed by atoms with Crippen molar-refractivity contribution in [3.05, 3.63) is 41.7 Å². The number of alkyl halides is 3. The van der Waals surface area contributed by atoms with Gasteiger partial charge in [-0.3, -0.25) is 9.54 Å². The molecule has 0 aliphatic rings. The maximum absolute atomic E-state index is 12.4. The number of ether oxygens (including phenoxy) is 1. The summed E-state index contributed by atoms with van der Waals surface area (Å²) in [5.41, 5.74) is 2.03. The summed E-state index contributed by atoms with van der Waals surface area (Å²) in [5, 5.41) is 0.479. The number of nitrogens with one attached hydrogen (secondary N) is 1. The van der Waals surface area contributed by atoms with Crippen LogP contribution >= 0.6 is 11.8 Å². The minimum Gasteiger partial charge on any atom is -0.484 e. The van der Waals surface area contributed by atoms with Gasteiger partial charge in [-0.1, -0.05) is 11.8 Å². The highest BCUT2D eigenvalue weighted by molar-refractivity contribution is 7.98. The molecule has 0 atom stereocenters. The van der Waals surface area contributed by atoms with Crippen molar-refractivity contribution in [3.63, 3.8) is 0 Å². The molecule has 1 aromatic carbocycles. The lowest BCUT2D eigenvalue weighted by Crippen LogP contribution is -2.19. The lowest BCUT2D eigenvalue weighted by molar-refractivity contribution is -0.153. The van der Waals surface area contributed by atoms with Gasteiger partial charge in [-0.15, -0.1) is 0 Å². The molecule has 0 saturated heterocycles. The van der Waals surface area contributed by atoms with Crippen LogP contribution in [0.15, 0.2) is 35.6 Å². The summed E-state index contributed by atoms with van der Waals surface area (Å²) in [6.45, 7) is 0.230. The first-order valence-corrected chi connectivity index (χ1v) is 10.3. The highest BCUT2D eigenvalue weighted by Crippen LogP contribution is 2.29. The van der Waals surface area contributed by atoms with Crippen LogP contribution in [0.4, 0.5) is 13.2 Å². The summed E-state index contributed by atoms with van der Waals surface area (Å²) in [4.78, 5) is 11.4. The van der Waals surface area contributed by atoms with E-state index in [1.54, 1.807) is 6.92 Å². The van der Waals surface area contributed by atoms with Gasteiger partial charge in [0.25, 0.3) is 0 Å². The topological polar surface area (TPSA) is 114 Å². The number of hydrogen-bond donors (Lipinski definition) is 2. The zero-order valence-corrected chi connectivity index (χ0v) is 16.4. The molecule has 0 fully saturated rings. The molecule has 0 unspecified atom stereocenters. The fraction of sp³-hybridized carbons (Fsp3) is 0.250. The van der Waals surface area contributed by atoms with Crippen LogP contribution < -0.4 is 8.92 Å². The van der Waals surface area contributed by atoms with Crippen LogP contribution in [-0.4, -0.2) is 40.7 Å². The van der Waals surface area contributed by atoms with Crippen molar-refractivity contribution < 1.29 is 35.1 Å². The Balaban J connectivity index is 1.72. The second kappa shape index (κ2) is 8.08. The molecule has 8 nitrogen and oxygen atoms in total. The second-order valence-corrected chi connectivity index (χ2v) is 7.79. The van der Waals surface area contributed by atoms with Gasteiger partial charge in [-0.05, 0) is 25.1 Å². The van der Waals surface area contributed by atoms with Gasteiger partial charge in [-0.2, -0.15) is 21.6 Å². The Hall–Kier alpha value is -2.51. The average molecular weight is 449 g/mol. The molecule has 0 saturated carbocycles. The summed E-state index contributed by atoms with van der Waals surface area (Å²) in [7, 11) is -4.64. The van der Waals surface area contributed by atoms with Crippen LogP contribution in [0.25, 0.3) is 11.0 Å². The fourth-order valence-electron chi connectivity index (χ4n) is 2.36. The van der Waals surface area contributed by atoms with E-state index in [0.29, 0.717) is 33.2 Å². The molecule has 0 aliphatic heterocycles. The van der Waals surface area contributed by atoms with E-state index in [-0.39, 0.29) is 11.5 Å². The van der Waals surface area contributed by atoms with E-state index < -0.39 is 23.2 Å². The number of fused-ring (bicyclic) bond motifs is 1. The second-order valence-electron chi connectivity index (χ2n) is 5.81. The molecule has 156 valence electrons. The molecular formula is C16H14F3N3O5S2. The van der Waals surface area contributed by atoms with E-state index in [0.717, 1.165) is 0 Å². The highest BCUT2D eigenvalue weighted by Gasteiger charge is 2.28. The number of aromatic nitrogens is 3. The Labute approximate surface area is 167 Å². The van der Waals surface area contributed by atoms with Gasteiger partial charge in [0, 0.05) is 23.6 Å². The van der Waals surface area contributed by atoms with Gasteiger partial charge >= 0.3 is 16.6 Å². The summed E-state index contributed by atoms with van der Waals surface area (Å²) in [5.74, 6) is 0.320. The zero-order chi connectivity index (χ0) is 21.2. The SMILES string of the molecule is Cc1c(OCC(F)(F)F)ccnc1CSc1nc2ccc(OS(=O)(=O)O)cc2[nH]1. The van der Waals surface area contributed by atoms with Crippen LogP contribution in [0.3, 0.4) is 0 Å². The van der Waals surface area contributed by atoms with Gasteiger partial charge < -0.3 is 13.9 Å². The lowest BCUT2D eigenvalue weighted by Gasteiger charge is -2.13. The number of rotatable bonds is 7. The Morgan fingerprint density at radius 3 is 2.72 bits per heavy atom.